The molecule has 40 heavy (non-hydrogen) atoms. The highest BCUT2D eigenvalue weighted by Crippen LogP contribution is 2.34. The molecule has 2 aromatic carbocycles. The van der Waals surface area contributed by atoms with Gasteiger partial charge in [-0.25, -0.2) is 9.59 Å². The molecule has 2 atom stereocenters. The quantitative estimate of drug-likeness (QED) is 0.212. The summed E-state index contributed by atoms with van der Waals surface area (Å²) in [5.41, 5.74) is 2.74. The van der Waals surface area contributed by atoms with Gasteiger partial charge >= 0.3 is 11.9 Å². The number of allylic oxidation sites excluding steroid dienone is 1. The van der Waals surface area contributed by atoms with Crippen LogP contribution in [0.15, 0.2) is 60.7 Å². The van der Waals surface area contributed by atoms with E-state index in [0.29, 0.717) is 18.1 Å². The van der Waals surface area contributed by atoms with E-state index in [2.05, 4.69) is 19.1 Å². The largest absolute Gasteiger partial charge is 0.490 e. The molecule has 0 aromatic heterocycles. The van der Waals surface area contributed by atoms with Crippen LogP contribution in [0.4, 0.5) is 0 Å². The predicted molar refractivity (Wildman–Crippen MR) is 153 cm³/mol. The maximum absolute atomic E-state index is 12.3. The third-order valence-corrected chi connectivity index (χ3v) is 7.57. The minimum atomic E-state index is -1.17. The smallest absolute Gasteiger partial charge is 0.338 e. The summed E-state index contributed by atoms with van der Waals surface area (Å²) in [6.45, 7) is 6.59. The van der Waals surface area contributed by atoms with Crippen LogP contribution in [-0.2, 0) is 28.5 Å². The van der Waals surface area contributed by atoms with E-state index in [4.69, 9.17) is 23.7 Å². The third kappa shape index (κ3) is 7.95. The molecule has 1 saturated heterocycles. The van der Waals surface area contributed by atoms with Crippen molar-refractivity contribution in [1.82, 2.24) is 0 Å². The van der Waals surface area contributed by atoms with Crippen LogP contribution < -0.4 is 4.74 Å². The van der Waals surface area contributed by atoms with Gasteiger partial charge in [0.2, 0.25) is 0 Å². The van der Waals surface area contributed by atoms with Crippen LogP contribution in [0.3, 0.4) is 0 Å². The maximum Gasteiger partial charge on any atom is 0.338 e. The SMILES string of the molecule is CCC[C@H]1CC[C@H](C=CCOc2ccc(-c3ccc(C4O[C@@H](C(=O)OCC)[C@H](C(=O)OCC)O4)cc3)cc2)CC1. The van der Waals surface area contributed by atoms with E-state index in [0.717, 1.165) is 22.8 Å². The van der Waals surface area contributed by atoms with Crippen LogP contribution in [0, 0.1) is 11.8 Å². The average molecular weight is 551 g/mol. The second kappa shape index (κ2) is 15.0. The molecule has 0 N–H and O–H groups in total. The van der Waals surface area contributed by atoms with Crippen LogP contribution >= 0.6 is 0 Å². The number of carbonyl (C=O) groups excluding carboxylic acids is 2. The molecule has 4 rings (SSSR count). The number of ether oxygens (including phenoxy) is 5. The fourth-order valence-electron chi connectivity index (χ4n) is 5.45. The zero-order valence-electron chi connectivity index (χ0n) is 23.9. The molecule has 2 fully saturated rings. The molecule has 7 nitrogen and oxygen atoms in total. The minimum absolute atomic E-state index is 0.175. The van der Waals surface area contributed by atoms with Crippen LogP contribution in [0.1, 0.15) is 71.1 Å². The lowest BCUT2D eigenvalue weighted by Gasteiger charge is -2.26. The van der Waals surface area contributed by atoms with Crippen molar-refractivity contribution in [1.29, 1.82) is 0 Å². The van der Waals surface area contributed by atoms with Gasteiger partial charge in [0.05, 0.1) is 13.2 Å². The van der Waals surface area contributed by atoms with Crippen molar-refractivity contribution in [3.63, 3.8) is 0 Å². The summed E-state index contributed by atoms with van der Waals surface area (Å²) in [5, 5.41) is 0. The number of hydrogen-bond acceptors (Lipinski definition) is 7. The van der Waals surface area contributed by atoms with E-state index in [1.54, 1.807) is 13.8 Å². The Morgan fingerprint density at radius 2 is 1.35 bits per heavy atom. The summed E-state index contributed by atoms with van der Waals surface area (Å²) in [5.74, 6) is 1.16. The first kappa shape index (κ1) is 29.8. The Labute approximate surface area is 237 Å². The summed E-state index contributed by atoms with van der Waals surface area (Å²) >= 11 is 0. The molecule has 216 valence electrons. The molecule has 1 heterocycles. The Balaban J connectivity index is 1.29. The van der Waals surface area contributed by atoms with Gasteiger partial charge in [-0.2, -0.15) is 0 Å². The number of hydrogen-bond donors (Lipinski definition) is 0. The Kier molecular flexibility index (Phi) is 11.2. The van der Waals surface area contributed by atoms with Crippen molar-refractivity contribution < 1.29 is 33.3 Å². The van der Waals surface area contributed by atoms with Crippen LogP contribution in [0.5, 0.6) is 5.75 Å². The highest BCUT2D eigenvalue weighted by atomic mass is 16.8. The summed E-state index contributed by atoms with van der Waals surface area (Å²) in [4.78, 5) is 24.7. The van der Waals surface area contributed by atoms with E-state index in [1.165, 1.54) is 38.5 Å². The van der Waals surface area contributed by atoms with E-state index in [-0.39, 0.29) is 13.2 Å². The highest BCUT2D eigenvalue weighted by molar-refractivity contribution is 5.86. The molecular formula is C33H42O7. The first-order valence-corrected chi connectivity index (χ1v) is 14.7. The summed E-state index contributed by atoms with van der Waals surface area (Å²) < 4.78 is 27.6. The van der Waals surface area contributed by atoms with Gasteiger partial charge in [-0.3, -0.25) is 0 Å². The monoisotopic (exact) mass is 550 g/mol. The molecular weight excluding hydrogens is 508 g/mol. The first-order valence-electron chi connectivity index (χ1n) is 14.7. The molecule has 0 radical (unpaired) electrons. The van der Waals surface area contributed by atoms with E-state index < -0.39 is 30.4 Å². The van der Waals surface area contributed by atoms with Gasteiger partial charge < -0.3 is 23.7 Å². The normalized spacial score (nSPS) is 23.3. The van der Waals surface area contributed by atoms with Crippen molar-refractivity contribution in [2.45, 2.75) is 77.8 Å². The van der Waals surface area contributed by atoms with Crippen LogP contribution in [-0.4, -0.2) is 44.0 Å². The second-order valence-electron chi connectivity index (χ2n) is 10.4. The number of benzene rings is 2. The zero-order valence-corrected chi connectivity index (χ0v) is 23.9. The van der Waals surface area contributed by atoms with Gasteiger partial charge in [0.1, 0.15) is 12.4 Å². The van der Waals surface area contributed by atoms with E-state index in [9.17, 15) is 9.59 Å². The van der Waals surface area contributed by atoms with Crippen LogP contribution in [0.25, 0.3) is 11.1 Å². The van der Waals surface area contributed by atoms with Gasteiger partial charge in [0.25, 0.3) is 0 Å². The number of carbonyl (C=O) groups is 2. The Hall–Kier alpha value is -3.16. The van der Waals surface area contributed by atoms with Gasteiger partial charge in [-0.1, -0.05) is 68.3 Å². The van der Waals surface area contributed by atoms with Gasteiger partial charge in [0.15, 0.2) is 18.5 Å². The standard InChI is InChI=1S/C33H42O7/c1-4-8-23-10-12-24(13-11-23)9-7-22-38-28-20-18-26(19-21-28)25-14-16-27(17-15-25)33-39-29(31(34)36-5-2)30(40-33)32(35)37-6-3/h7,9,14-21,23-24,29-30,33H,4-6,8,10-13,22H2,1-3H3/t23-,24-,29-,30-/m1/s1. The lowest BCUT2D eigenvalue weighted by atomic mass is 9.80. The van der Waals surface area contributed by atoms with Crippen molar-refractivity contribution in [3.8, 4) is 16.9 Å². The Morgan fingerprint density at radius 3 is 1.88 bits per heavy atom. The topological polar surface area (TPSA) is 80.3 Å². The predicted octanol–water partition coefficient (Wildman–Crippen LogP) is 6.80. The van der Waals surface area contributed by atoms with Crippen molar-refractivity contribution >= 4 is 11.9 Å². The first-order chi connectivity index (χ1) is 19.5. The van der Waals surface area contributed by atoms with Crippen molar-refractivity contribution in [3.05, 3.63) is 66.2 Å². The lowest BCUT2D eigenvalue weighted by molar-refractivity contribution is -0.163. The van der Waals surface area contributed by atoms with Crippen molar-refractivity contribution in [2.75, 3.05) is 19.8 Å². The third-order valence-electron chi connectivity index (χ3n) is 7.57. The van der Waals surface area contributed by atoms with Gasteiger partial charge in [-0.15, -0.1) is 0 Å². The molecule has 1 saturated carbocycles. The molecule has 0 unspecified atom stereocenters. The zero-order chi connectivity index (χ0) is 28.3. The fraction of sp³-hybridized carbons (Fsp3) is 0.515. The Bertz CT molecular complexity index is 1070. The van der Waals surface area contributed by atoms with Gasteiger partial charge in [-0.05, 0) is 74.6 Å². The summed E-state index contributed by atoms with van der Waals surface area (Å²) in [7, 11) is 0. The Morgan fingerprint density at radius 1 is 0.800 bits per heavy atom. The lowest BCUT2D eigenvalue weighted by Crippen LogP contribution is -2.39. The van der Waals surface area contributed by atoms with Crippen LogP contribution in [0.2, 0.25) is 0 Å². The van der Waals surface area contributed by atoms with Crippen molar-refractivity contribution in [2.24, 2.45) is 11.8 Å². The fourth-order valence-corrected chi connectivity index (χ4v) is 5.45. The second-order valence-corrected chi connectivity index (χ2v) is 10.4. The number of esters is 2. The molecule has 0 amide bonds. The molecule has 7 heteroatoms. The molecule has 2 aliphatic rings. The maximum atomic E-state index is 12.3. The molecule has 1 aliphatic heterocycles. The summed E-state index contributed by atoms with van der Waals surface area (Å²) in [6.07, 6.45) is 9.24. The van der Waals surface area contributed by atoms with E-state index in [1.807, 2.05) is 48.5 Å². The summed E-state index contributed by atoms with van der Waals surface area (Å²) in [6, 6.07) is 15.6. The molecule has 1 aliphatic carbocycles. The average Bonchev–Trinajstić information content (AvgIpc) is 3.43. The highest BCUT2D eigenvalue weighted by Gasteiger charge is 2.47. The van der Waals surface area contributed by atoms with Gasteiger partial charge in [0, 0.05) is 5.56 Å². The minimum Gasteiger partial charge on any atom is -0.490 e. The molecule has 0 spiro atoms. The number of rotatable bonds is 12. The molecule has 2 aromatic rings. The van der Waals surface area contributed by atoms with E-state index >= 15 is 0 Å². The molecule has 0 bridgehead atoms.